The molecule has 0 heterocycles. The molecule has 0 saturated carbocycles. The molecule has 2 heteroatoms. The van der Waals surface area contributed by atoms with Gasteiger partial charge in [0.25, 0.3) is 0 Å². The van der Waals surface area contributed by atoms with Gasteiger partial charge >= 0.3 is 0 Å². The summed E-state index contributed by atoms with van der Waals surface area (Å²) in [4.78, 5) is 11.8. The van der Waals surface area contributed by atoms with E-state index in [-0.39, 0.29) is 18.1 Å². The van der Waals surface area contributed by atoms with Crippen molar-refractivity contribution in [3.63, 3.8) is 0 Å². The average Bonchev–Trinajstić information content (AvgIpc) is 2.57. The van der Waals surface area contributed by atoms with Gasteiger partial charge in [0.1, 0.15) is 0 Å². The van der Waals surface area contributed by atoms with Gasteiger partial charge in [-0.05, 0) is 29.8 Å². The Bertz CT molecular complexity index is 751. The number of aliphatic hydroxyl groups is 1. The Morgan fingerprint density at radius 1 is 1.00 bits per heavy atom. The van der Waals surface area contributed by atoms with Gasteiger partial charge in [-0.25, -0.2) is 0 Å². The molecule has 2 aromatic carbocycles. The molecule has 2 atom stereocenters. The van der Waals surface area contributed by atoms with E-state index in [1.165, 1.54) is 12.2 Å². The monoisotopic (exact) mass is 288 g/mol. The molecule has 0 amide bonds. The van der Waals surface area contributed by atoms with Crippen LogP contribution < -0.4 is 0 Å². The highest BCUT2D eigenvalue weighted by atomic mass is 16.3. The van der Waals surface area contributed by atoms with Crippen LogP contribution in [0.5, 0.6) is 0 Å². The predicted molar refractivity (Wildman–Crippen MR) is 86.2 cm³/mol. The SMILES string of the molecule is O=C1C=C[C@@](O)(C#Cc2ccccc2)[C@H](c2ccccc2)C1. The van der Waals surface area contributed by atoms with Crippen molar-refractivity contribution in [1.29, 1.82) is 0 Å². The predicted octanol–water partition coefficient (Wildman–Crippen LogP) is 3.08. The standard InChI is InChI=1S/C20H16O2/c21-18-12-14-20(22,13-11-16-7-3-1-4-8-16)19(15-18)17-9-5-2-6-10-17/h1-10,12,14,19,22H,15H2/t19-,20-/m0/s1. The first kappa shape index (κ1) is 14.3. The van der Waals surface area contributed by atoms with Crippen molar-refractivity contribution < 1.29 is 9.90 Å². The summed E-state index contributed by atoms with van der Waals surface area (Å²) >= 11 is 0. The molecule has 0 radical (unpaired) electrons. The summed E-state index contributed by atoms with van der Waals surface area (Å²) in [6.07, 6.45) is 3.21. The molecule has 1 N–H and O–H groups in total. The highest BCUT2D eigenvalue weighted by Crippen LogP contribution is 2.35. The number of hydrogen-bond acceptors (Lipinski definition) is 2. The minimum absolute atomic E-state index is 0.0139. The van der Waals surface area contributed by atoms with Crippen LogP contribution in [0, 0.1) is 11.8 Å². The van der Waals surface area contributed by atoms with Gasteiger partial charge in [-0.1, -0.05) is 60.4 Å². The number of carbonyl (C=O) groups excluding carboxylic acids is 1. The van der Waals surface area contributed by atoms with Gasteiger partial charge in [0, 0.05) is 17.9 Å². The van der Waals surface area contributed by atoms with Gasteiger partial charge in [-0.15, -0.1) is 0 Å². The molecule has 1 aliphatic carbocycles. The smallest absolute Gasteiger partial charge is 0.156 e. The van der Waals surface area contributed by atoms with E-state index in [1.807, 2.05) is 60.7 Å². The lowest BCUT2D eigenvalue weighted by Gasteiger charge is -2.31. The second-order valence-corrected chi connectivity index (χ2v) is 5.41. The summed E-state index contributed by atoms with van der Waals surface area (Å²) < 4.78 is 0. The lowest BCUT2D eigenvalue weighted by atomic mass is 9.75. The first-order valence-electron chi connectivity index (χ1n) is 7.25. The molecular formula is C20H16O2. The Labute approximate surface area is 130 Å². The fourth-order valence-corrected chi connectivity index (χ4v) is 2.64. The van der Waals surface area contributed by atoms with Crippen LogP contribution in [0.3, 0.4) is 0 Å². The molecule has 2 nitrogen and oxygen atoms in total. The minimum atomic E-state index is -1.33. The van der Waals surface area contributed by atoms with Crippen LogP contribution in [0.15, 0.2) is 72.8 Å². The van der Waals surface area contributed by atoms with Crippen LogP contribution in [0.4, 0.5) is 0 Å². The zero-order chi connectivity index (χ0) is 15.4. The molecule has 22 heavy (non-hydrogen) atoms. The Morgan fingerprint density at radius 3 is 2.32 bits per heavy atom. The Kier molecular flexibility index (Phi) is 3.91. The van der Waals surface area contributed by atoms with E-state index in [0.29, 0.717) is 0 Å². The summed E-state index contributed by atoms with van der Waals surface area (Å²) in [7, 11) is 0. The molecule has 0 spiro atoms. The highest BCUT2D eigenvalue weighted by Gasteiger charge is 2.38. The topological polar surface area (TPSA) is 37.3 Å². The van der Waals surface area contributed by atoms with Crippen molar-refractivity contribution >= 4 is 5.78 Å². The van der Waals surface area contributed by atoms with Crippen LogP contribution in [-0.2, 0) is 4.79 Å². The first-order valence-corrected chi connectivity index (χ1v) is 7.25. The molecule has 0 unspecified atom stereocenters. The quantitative estimate of drug-likeness (QED) is 0.819. The molecule has 0 aromatic heterocycles. The molecule has 3 rings (SSSR count). The second kappa shape index (κ2) is 6.01. The largest absolute Gasteiger partial charge is 0.373 e. The molecule has 0 saturated heterocycles. The van der Waals surface area contributed by atoms with E-state index in [1.54, 1.807) is 0 Å². The van der Waals surface area contributed by atoms with Crippen molar-refractivity contribution in [1.82, 2.24) is 0 Å². The van der Waals surface area contributed by atoms with Gasteiger partial charge in [-0.3, -0.25) is 4.79 Å². The molecule has 108 valence electrons. The maximum absolute atomic E-state index is 11.8. The zero-order valence-corrected chi connectivity index (χ0v) is 12.1. The van der Waals surface area contributed by atoms with Crippen molar-refractivity contribution in [2.24, 2.45) is 0 Å². The summed E-state index contributed by atoms with van der Waals surface area (Å²) in [6.45, 7) is 0. The van der Waals surface area contributed by atoms with Crippen molar-refractivity contribution in [3.05, 3.63) is 83.9 Å². The number of ketones is 1. The van der Waals surface area contributed by atoms with Crippen LogP contribution >= 0.6 is 0 Å². The normalized spacial score (nSPS) is 23.7. The van der Waals surface area contributed by atoms with E-state index < -0.39 is 5.60 Å². The van der Waals surface area contributed by atoms with Gasteiger partial charge in [0.05, 0.1) is 0 Å². The van der Waals surface area contributed by atoms with E-state index in [2.05, 4.69) is 11.8 Å². The molecule has 2 aromatic rings. The third-order valence-corrected chi connectivity index (χ3v) is 3.84. The average molecular weight is 288 g/mol. The molecular weight excluding hydrogens is 272 g/mol. The lowest BCUT2D eigenvalue weighted by molar-refractivity contribution is -0.116. The van der Waals surface area contributed by atoms with Crippen LogP contribution in [0.25, 0.3) is 0 Å². The van der Waals surface area contributed by atoms with E-state index in [9.17, 15) is 9.90 Å². The van der Waals surface area contributed by atoms with Crippen molar-refractivity contribution in [2.45, 2.75) is 17.9 Å². The van der Waals surface area contributed by atoms with Gasteiger partial charge in [0.2, 0.25) is 0 Å². The van der Waals surface area contributed by atoms with E-state index in [4.69, 9.17) is 0 Å². The van der Waals surface area contributed by atoms with E-state index >= 15 is 0 Å². The van der Waals surface area contributed by atoms with Gasteiger partial charge < -0.3 is 5.11 Å². The third-order valence-electron chi connectivity index (χ3n) is 3.84. The molecule has 0 bridgehead atoms. The Morgan fingerprint density at radius 2 is 1.64 bits per heavy atom. The fourth-order valence-electron chi connectivity index (χ4n) is 2.64. The van der Waals surface area contributed by atoms with Crippen LogP contribution in [0.1, 0.15) is 23.5 Å². The molecule has 0 fully saturated rings. The zero-order valence-electron chi connectivity index (χ0n) is 12.1. The first-order chi connectivity index (χ1) is 10.7. The number of benzene rings is 2. The third kappa shape index (κ3) is 3.00. The van der Waals surface area contributed by atoms with Crippen molar-refractivity contribution in [3.8, 4) is 11.8 Å². The summed E-state index contributed by atoms with van der Waals surface area (Å²) in [5, 5.41) is 11.0. The maximum Gasteiger partial charge on any atom is 0.156 e. The Balaban J connectivity index is 2.00. The number of carbonyl (C=O) groups is 1. The van der Waals surface area contributed by atoms with Gasteiger partial charge in [-0.2, -0.15) is 0 Å². The fraction of sp³-hybridized carbons (Fsp3) is 0.150. The van der Waals surface area contributed by atoms with Crippen LogP contribution in [0.2, 0.25) is 0 Å². The second-order valence-electron chi connectivity index (χ2n) is 5.41. The van der Waals surface area contributed by atoms with Gasteiger partial charge in [0.15, 0.2) is 11.4 Å². The summed E-state index contributed by atoms with van der Waals surface area (Å²) in [5.41, 5.74) is 0.434. The maximum atomic E-state index is 11.8. The van der Waals surface area contributed by atoms with E-state index in [0.717, 1.165) is 11.1 Å². The number of allylic oxidation sites excluding steroid dienone is 1. The highest BCUT2D eigenvalue weighted by molar-refractivity contribution is 5.92. The minimum Gasteiger partial charge on any atom is -0.373 e. The summed E-state index contributed by atoms with van der Waals surface area (Å²) in [6, 6.07) is 19.1. The summed E-state index contributed by atoms with van der Waals surface area (Å²) in [5.74, 6) is 5.63. The van der Waals surface area contributed by atoms with Crippen LogP contribution in [-0.4, -0.2) is 16.5 Å². The molecule has 1 aliphatic rings. The van der Waals surface area contributed by atoms with Crippen molar-refractivity contribution in [2.75, 3.05) is 0 Å². The number of rotatable bonds is 1. The number of hydrogen-bond donors (Lipinski definition) is 1. The Hall–Kier alpha value is -2.63. The lowest BCUT2D eigenvalue weighted by Crippen LogP contribution is -2.37. The molecule has 0 aliphatic heterocycles.